The van der Waals surface area contributed by atoms with Crippen LogP contribution in [0.5, 0.6) is 0 Å². The molecule has 3 heterocycles. The third kappa shape index (κ3) is 4.12. The van der Waals surface area contributed by atoms with E-state index in [4.69, 9.17) is 9.52 Å². The molecule has 2 aromatic carbocycles. The van der Waals surface area contributed by atoms with Crippen LogP contribution in [0, 0.1) is 0 Å². The number of hydrogen-bond acceptors (Lipinski definition) is 5. The zero-order chi connectivity index (χ0) is 21.2. The number of piperidine rings is 1. The van der Waals surface area contributed by atoms with E-state index in [-0.39, 0.29) is 6.04 Å². The summed E-state index contributed by atoms with van der Waals surface area (Å²) in [6, 6.07) is 19.2. The first-order valence-corrected chi connectivity index (χ1v) is 11.3. The highest BCUT2D eigenvalue weighted by molar-refractivity contribution is 5.91. The van der Waals surface area contributed by atoms with Crippen molar-refractivity contribution in [3.63, 3.8) is 0 Å². The fourth-order valence-corrected chi connectivity index (χ4v) is 4.47. The van der Waals surface area contributed by atoms with Gasteiger partial charge in [-0.2, -0.15) is 5.10 Å². The van der Waals surface area contributed by atoms with Crippen molar-refractivity contribution in [2.24, 2.45) is 0 Å². The van der Waals surface area contributed by atoms with Gasteiger partial charge < -0.3 is 9.32 Å². The molecule has 1 saturated heterocycles. The Morgan fingerprint density at radius 1 is 0.968 bits per heavy atom. The number of fused-ring (bicyclic) bond motifs is 1. The van der Waals surface area contributed by atoms with Crippen LogP contribution in [0.2, 0.25) is 0 Å². The van der Waals surface area contributed by atoms with Crippen LogP contribution in [0.3, 0.4) is 0 Å². The number of nitrogens with zero attached hydrogens (tertiary/aromatic N) is 5. The zero-order valence-electron chi connectivity index (χ0n) is 18.2. The summed E-state index contributed by atoms with van der Waals surface area (Å²) in [5.41, 5.74) is 3.28. The van der Waals surface area contributed by atoms with Crippen LogP contribution < -0.4 is 0 Å². The Hall–Kier alpha value is -2.99. The molecule has 1 aliphatic heterocycles. The van der Waals surface area contributed by atoms with Gasteiger partial charge in [0.1, 0.15) is 0 Å². The molecule has 4 aromatic rings. The van der Waals surface area contributed by atoms with Crippen LogP contribution >= 0.6 is 0 Å². The number of rotatable bonds is 6. The van der Waals surface area contributed by atoms with E-state index in [0.29, 0.717) is 11.8 Å². The van der Waals surface area contributed by atoms with Gasteiger partial charge in [-0.25, -0.2) is 0 Å². The first-order valence-electron chi connectivity index (χ1n) is 11.3. The quantitative estimate of drug-likeness (QED) is 0.439. The molecule has 0 spiro atoms. The molecule has 1 fully saturated rings. The maximum Gasteiger partial charge on any atom is 0.268 e. The van der Waals surface area contributed by atoms with Crippen molar-refractivity contribution in [3.8, 4) is 11.6 Å². The Balaban J connectivity index is 1.26. The number of para-hydroxylation sites is 1. The van der Waals surface area contributed by atoms with Crippen LogP contribution in [0.4, 0.5) is 0 Å². The van der Waals surface area contributed by atoms with Gasteiger partial charge in [-0.3, -0.25) is 4.68 Å². The van der Waals surface area contributed by atoms with E-state index in [0.717, 1.165) is 61.4 Å². The highest BCUT2D eigenvalue weighted by Crippen LogP contribution is 2.32. The van der Waals surface area contributed by atoms with Crippen molar-refractivity contribution in [2.45, 2.75) is 45.1 Å². The molecule has 31 heavy (non-hydrogen) atoms. The van der Waals surface area contributed by atoms with E-state index in [1.54, 1.807) is 0 Å². The third-order valence-corrected chi connectivity index (χ3v) is 6.24. The highest BCUT2D eigenvalue weighted by Gasteiger charge is 2.26. The lowest BCUT2D eigenvalue weighted by Crippen LogP contribution is -2.34. The molecule has 0 saturated carbocycles. The van der Waals surface area contributed by atoms with Crippen molar-refractivity contribution < 1.29 is 4.42 Å². The topological polar surface area (TPSA) is 60.0 Å². The van der Waals surface area contributed by atoms with Gasteiger partial charge in [-0.05, 0) is 57.8 Å². The molecule has 0 radical (unpaired) electrons. The Kier molecular flexibility index (Phi) is 5.55. The monoisotopic (exact) mass is 415 g/mol. The summed E-state index contributed by atoms with van der Waals surface area (Å²) in [4.78, 5) is 2.54. The van der Waals surface area contributed by atoms with E-state index in [9.17, 15) is 0 Å². The summed E-state index contributed by atoms with van der Waals surface area (Å²) in [7, 11) is 0. The molecule has 0 bridgehead atoms. The van der Waals surface area contributed by atoms with E-state index in [1.165, 1.54) is 5.56 Å². The van der Waals surface area contributed by atoms with E-state index in [1.807, 2.05) is 16.8 Å². The summed E-state index contributed by atoms with van der Waals surface area (Å²) in [6.07, 6.45) is 3.21. The van der Waals surface area contributed by atoms with Gasteiger partial charge in [0, 0.05) is 23.9 Å². The standard InChI is InChI=1S/C25H29N5O/c1-18(2)30-22-11-7-6-10-21(22)23(28-30)25-27-26-24(31-25)20-13-16-29(17-14-20)15-12-19-8-4-3-5-9-19/h3-11,18,20H,12-17H2,1-2H3. The Bertz CT molecular complexity index is 1140. The molecule has 2 aromatic heterocycles. The molecule has 0 N–H and O–H groups in total. The van der Waals surface area contributed by atoms with E-state index in [2.05, 4.69) is 71.4 Å². The predicted molar refractivity (Wildman–Crippen MR) is 122 cm³/mol. The number of hydrogen-bond donors (Lipinski definition) is 0. The third-order valence-electron chi connectivity index (χ3n) is 6.24. The normalized spacial score (nSPS) is 15.8. The Morgan fingerprint density at radius 3 is 2.48 bits per heavy atom. The summed E-state index contributed by atoms with van der Waals surface area (Å²) in [6.45, 7) is 7.51. The maximum absolute atomic E-state index is 6.16. The van der Waals surface area contributed by atoms with E-state index < -0.39 is 0 Å². The summed E-state index contributed by atoms with van der Waals surface area (Å²) in [5.74, 6) is 1.60. The second-order valence-electron chi connectivity index (χ2n) is 8.70. The minimum atomic E-state index is 0.265. The minimum absolute atomic E-state index is 0.265. The average Bonchev–Trinajstić information content (AvgIpc) is 3.44. The fourth-order valence-electron chi connectivity index (χ4n) is 4.47. The minimum Gasteiger partial charge on any atom is -0.419 e. The first kappa shape index (κ1) is 19.9. The molecule has 6 nitrogen and oxygen atoms in total. The smallest absolute Gasteiger partial charge is 0.268 e. The number of benzene rings is 2. The summed E-state index contributed by atoms with van der Waals surface area (Å²) >= 11 is 0. The molecule has 5 rings (SSSR count). The molecule has 1 aliphatic rings. The van der Waals surface area contributed by atoms with Crippen molar-refractivity contribution in [1.29, 1.82) is 0 Å². The molecule has 6 heteroatoms. The lowest BCUT2D eigenvalue weighted by atomic mass is 9.96. The summed E-state index contributed by atoms with van der Waals surface area (Å²) < 4.78 is 8.19. The van der Waals surface area contributed by atoms with Crippen molar-refractivity contribution >= 4 is 10.9 Å². The largest absolute Gasteiger partial charge is 0.419 e. The van der Waals surface area contributed by atoms with Crippen LogP contribution in [-0.4, -0.2) is 44.5 Å². The molecular formula is C25H29N5O. The molecule has 0 atom stereocenters. The lowest BCUT2D eigenvalue weighted by Gasteiger charge is -2.30. The van der Waals surface area contributed by atoms with Crippen LogP contribution in [0.15, 0.2) is 59.0 Å². The Morgan fingerprint density at radius 2 is 1.71 bits per heavy atom. The van der Waals surface area contributed by atoms with Gasteiger partial charge in [0.2, 0.25) is 5.89 Å². The van der Waals surface area contributed by atoms with Gasteiger partial charge in [0.25, 0.3) is 5.89 Å². The van der Waals surface area contributed by atoms with Crippen LogP contribution in [0.25, 0.3) is 22.5 Å². The van der Waals surface area contributed by atoms with Crippen molar-refractivity contribution in [1.82, 2.24) is 24.9 Å². The van der Waals surface area contributed by atoms with E-state index >= 15 is 0 Å². The summed E-state index contributed by atoms with van der Waals surface area (Å²) in [5, 5.41) is 14.6. The predicted octanol–water partition coefficient (Wildman–Crippen LogP) is 5.09. The molecule has 160 valence electrons. The van der Waals surface area contributed by atoms with Gasteiger partial charge >= 0.3 is 0 Å². The van der Waals surface area contributed by atoms with Crippen LogP contribution in [0.1, 0.15) is 50.1 Å². The van der Waals surface area contributed by atoms with Crippen molar-refractivity contribution in [3.05, 3.63) is 66.1 Å². The average molecular weight is 416 g/mol. The maximum atomic E-state index is 6.16. The van der Waals surface area contributed by atoms with Gasteiger partial charge in [-0.15, -0.1) is 10.2 Å². The molecule has 0 amide bonds. The Labute approximate surface area is 182 Å². The van der Waals surface area contributed by atoms with Crippen molar-refractivity contribution in [2.75, 3.05) is 19.6 Å². The number of aromatic nitrogens is 4. The molecular weight excluding hydrogens is 386 g/mol. The molecule has 0 aliphatic carbocycles. The second kappa shape index (κ2) is 8.63. The SMILES string of the molecule is CC(C)n1nc(-c2nnc(C3CCN(CCc4ccccc4)CC3)o2)c2ccccc21. The first-order chi connectivity index (χ1) is 15.2. The second-order valence-corrected chi connectivity index (χ2v) is 8.70. The zero-order valence-corrected chi connectivity index (χ0v) is 18.2. The lowest BCUT2D eigenvalue weighted by molar-refractivity contribution is 0.202. The van der Waals surface area contributed by atoms with Gasteiger partial charge in [0.05, 0.1) is 5.52 Å². The van der Waals surface area contributed by atoms with Crippen LogP contribution in [-0.2, 0) is 6.42 Å². The highest BCUT2D eigenvalue weighted by atomic mass is 16.4. The number of likely N-dealkylation sites (tertiary alicyclic amines) is 1. The fraction of sp³-hybridized carbons (Fsp3) is 0.400. The van der Waals surface area contributed by atoms with Gasteiger partial charge in [0.15, 0.2) is 5.69 Å². The van der Waals surface area contributed by atoms with Gasteiger partial charge in [-0.1, -0.05) is 48.5 Å². The molecule has 0 unspecified atom stereocenters.